The molecule has 94 valence electrons. The van der Waals surface area contributed by atoms with Crippen LogP contribution in [0.1, 0.15) is 10.5 Å². The molecular formula is C10H9BrN4O3. The smallest absolute Gasteiger partial charge is 0.325 e. The molecule has 0 spiro atoms. The van der Waals surface area contributed by atoms with Gasteiger partial charge in [-0.3, -0.25) is 14.3 Å². The van der Waals surface area contributed by atoms with Crippen molar-refractivity contribution in [3.63, 3.8) is 0 Å². The van der Waals surface area contributed by atoms with Gasteiger partial charge in [0.05, 0.1) is 11.9 Å². The summed E-state index contributed by atoms with van der Waals surface area (Å²) in [5, 5.41) is 15.0. The molecule has 0 radical (unpaired) electrons. The van der Waals surface area contributed by atoms with Gasteiger partial charge < -0.3 is 15.4 Å². The Balaban J connectivity index is 2.03. The average molecular weight is 313 g/mol. The highest BCUT2D eigenvalue weighted by atomic mass is 79.9. The lowest BCUT2D eigenvalue weighted by molar-refractivity contribution is -0.137. The maximum Gasteiger partial charge on any atom is 0.325 e. The number of aliphatic carboxylic acids is 1. The Bertz CT molecular complexity index is 589. The largest absolute Gasteiger partial charge is 0.480 e. The van der Waals surface area contributed by atoms with E-state index in [1.807, 2.05) is 0 Å². The van der Waals surface area contributed by atoms with Crippen molar-refractivity contribution in [2.45, 2.75) is 6.54 Å². The van der Waals surface area contributed by atoms with Crippen LogP contribution in [-0.4, -0.2) is 31.7 Å². The van der Waals surface area contributed by atoms with E-state index in [1.54, 1.807) is 12.3 Å². The molecule has 0 aliphatic carbocycles. The second kappa shape index (κ2) is 5.05. The molecule has 0 atom stereocenters. The summed E-state index contributed by atoms with van der Waals surface area (Å²) in [4.78, 5) is 25.0. The van der Waals surface area contributed by atoms with E-state index in [-0.39, 0.29) is 12.5 Å². The first-order chi connectivity index (χ1) is 8.54. The van der Waals surface area contributed by atoms with E-state index in [4.69, 9.17) is 5.11 Å². The number of H-pyrrole nitrogens is 1. The Kier molecular flexibility index (Phi) is 3.47. The van der Waals surface area contributed by atoms with Crippen molar-refractivity contribution in [3.8, 4) is 0 Å². The van der Waals surface area contributed by atoms with E-state index >= 15 is 0 Å². The molecule has 2 rings (SSSR count). The van der Waals surface area contributed by atoms with Gasteiger partial charge in [-0.15, -0.1) is 0 Å². The third-order valence-electron chi connectivity index (χ3n) is 2.08. The van der Waals surface area contributed by atoms with Crippen LogP contribution in [0.4, 0.5) is 5.69 Å². The maximum absolute atomic E-state index is 11.7. The molecule has 0 unspecified atom stereocenters. The number of anilines is 1. The van der Waals surface area contributed by atoms with Crippen molar-refractivity contribution in [2.75, 3.05) is 5.32 Å². The predicted molar refractivity (Wildman–Crippen MR) is 66.3 cm³/mol. The second-order valence-electron chi connectivity index (χ2n) is 3.51. The van der Waals surface area contributed by atoms with Crippen LogP contribution in [0.3, 0.4) is 0 Å². The van der Waals surface area contributed by atoms with E-state index in [2.05, 4.69) is 31.3 Å². The SMILES string of the molecule is O=C(O)Cn1cc(NC(=O)c2cc(Br)c[nH]2)cn1. The number of carboxylic acids is 1. The number of carbonyl (C=O) groups excluding carboxylic acids is 1. The fraction of sp³-hybridized carbons (Fsp3) is 0.100. The van der Waals surface area contributed by atoms with Gasteiger partial charge in [-0.1, -0.05) is 0 Å². The van der Waals surface area contributed by atoms with E-state index in [0.717, 1.165) is 4.47 Å². The first-order valence-corrected chi connectivity index (χ1v) is 5.73. The van der Waals surface area contributed by atoms with E-state index in [9.17, 15) is 9.59 Å². The molecule has 0 aliphatic heterocycles. The summed E-state index contributed by atoms with van der Waals surface area (Å²) in [6.45, 7) is -0.246. The van der Waals surface area contributed by atoms with Gasteiger partial charge in [0.25, 0.3) is 5.91 Å². The minimum absolute atomic E-state index is 0.246. The van der Waals surface area contributed by atoms with Crippen LogP contribution in [-0.2, 0) is 11.3 Å². The molecule has 0 aromatic carbocycles. The Labute approximate surface area is 110 Å². The molecule has 0 saturated carbocycles. The molecule has 7 nitrogen and oxygen atoms in total. The summed E-state index contributed by atoms with van der Waals surface area (Å²) in [6, 6.07) is 1.64. The Morgan fingerprint density at radius 2 is 2.33 bits per heavy atom. The minimum Gasteiger partial charge on any atom is -0.480 e. The molecule has 1 amide bonds. The summed E-state index contributed by atoms with van der Waals surface area (Å²) in [5.41, 5.74) is 0.833. The lowest BCUT2D eigenvalue weighted by Gasteiger charge is -1.99. The Morgan fingerprint density at radius 3 is 2.94 bits per heavy atom. The first-order valence-electron chi connectivity index (χ1n) is 4.94. The van der Waals surface area contributed by atoms with Gasteiger partial charge >= 0.3 is 5.97 Å². The number of nitrogens with zero attached hydrogens (tertiary/aromatic N) is 2. The lowest BCUT2D eigenvalue weighted by Crippen LogP contribution is -2.12. The number of carboxylic acid groups (broad SMARTS) is 1. The molecule has 2 heterocycles. The summed E-state index contributed by atoms with van der Waals surface area (Å²) in [7, 11) is 0. The molecular weight excluding hydrogens is 304 g/mol. The van der Waals surface area contributed by atoms with Gasteiger partial charge in [-0.25, -0.2) is 0 Å². The third-order valence-corrected chi connectivity index (χ3v) is 2.54. The van der Waals surface area contributed by atoms with E-state index < -0.39 is 5.97 Å². The fourth-order valence-corrected chi connectivity index (χ4v) is 1.69. The van der Waals surface area contributed by atoms with Gasteiger partial charge in [-0.2, -0.15) is 5.10 Å². The van der Waals surface area contributed by atoms with Gasteiger partial charge in [0.1, 0.15) is 12.2 Å². The number of aromatic amines is 1. The number of hydrogen-bond acceptors (Lipinski definition) is 3. The predicted octanol–water partition coefficient (Wildman–Crippen LogP) is 1.31. The molecule has 2 aromatic rings. The van der Waals surface area contributed by atoms with Crippen LogP contribution in [0, 0.1) is 0 Å². The molecule has 0 aliphatic rings. The van der Waals surface area contributed by atoms with Crippen molar-refractivity contribution in [1.82, 2.24) is 14.8 Å². The highest BCUT2D eigenvalue weighted by Crippen LogP contribution is 2.12. The maximum atomic E-state index is 11.7. The zero-order valence-corrected chi connectivity index (χ0v) is 10.6. The zero-order valence-electron chi connectivity index (χ0n) is 9.05. The number of hydrogen-bond donors (Lipinski definition) is 3. The molecule has 2 aromatic heterocycles. The fourth-order valence-electron chi connectivity index (χ4n) is 1.35. The standard InChI is InChI=1S/C10H9BrN4O3/c11-6-1-8(12-2-6)10(18)14-7-3-13-15(4-7)5-9(16)17/h1-4,12H,5H2,(H,14,18)(H,16,17). The van der Waals surface area contributed by atoms with Crippen molar-refractivity contribution in [2.24, 2.45) is 0 Å². The number of halogens is 1. The Morgan fingerprint density at radius 1 is 1.56 bits per heavy atom. The monoisotopic (exact) mass is 312 g/mol. The van der Waals surface area contributed by atoms with Gasteiger partial charge in [-0.05, 0) is 22.0 Å². The second-order valence-corrected chi connectivity index (χ2v) is 4.42. The number of amides is 1. The third kappa shape index (κ3) is 2.98. The van der Waals surface area contributed by atoms with Crippen LogP contribution in [0.2, 0.25) is 0 Å². The van der Waals surface area contributed by atoms with Gasteiger partial charge in [0.2, 0.25) is 0 Å². The number of aromatic nitrogens is 3. The number of rotatable bonds is 4. The highest BCUT2D eigenvalue weighted by Gasteiger charge is 2.10. The van der Waals surface area contributed by atoms with Gasteiger partial charge in [0, 0.05) is 16.9 Å². The van der Waals surface area contributed by atoms with Crippen LogP contribution in [0.5, 0.6) is 0 Å². The van der Waals surface area contributed by atoms with Crippen molar-refractivity contribution >= 4 is 33.5 Å². The van der Waals surface area contributed by atoms with Crippen molar-refractivity contribution in [1.29, 1.82) is 0 Å². The molecule has 0 bridgehead atoms. The highest BCUT2D eigenvalue weighted by molar-refractivity contribution is 9.10. The molecule has 0 fully saturated rings. The summed E-state index contributed by atoms with van der Waals surface area (Å²) < 4.78 is 2.00. The molecule has 0 saturated heterocycles. The van der Waals surface area contributed by atoms with Crippen LogP contribution >= 0.6 is 15.9 Å². The molecule has 3 N–H and O–H groups in total. The average Bonchev–Trinajstić information content (AvgIpc) is 2.87. The van der Waals surface area contributed by atoms with Gasteiger partial charge in [0.15, 0.2) is 0 Å². The number of nitrogens with one attached hydrogen (secondary N) is 2. The molecule has 8 heteroatoms. The van der Waals surface area contributed by atoms with Crippen molar-refractivity contribution in [3.05, 3.63) is 34.8 Å². The van der Waals surface area contributed by atoms with Crippen LogP contribution in [0.25, 0.3) is 0 Å². The quantitative estimate of drug-likeness (QED) is 0.792. The minimum atomic E-state index is -0.996. The summed E-state index contributed by atoms with van der Waals surface area (Å²) in [6.07, 6.45) is 4.48. The zero-order chi connectivity index (χ0) is 13.1. The summed E-state index contributed by atoms with van der Waals surface area (Å²) in [5.74, 6) is -1.32. The molecule has 18 heavy (non-hydrogen) atoms. The van der Waals surface area contributed by atoms with E-state index in [0.29, 0.717) is 11.4 Å². The van der Waals surface area contributed by atoms with E-state index in [1.165, 1.54) is 17.1 Å². The van der Waals surface area contributed by atoms with Crippen molar-refractivity contribution < 1.29 is 14.7 Å². The number of carbonyl (C=O) groups is 2. The Hall–Kier alpha value is -2.09. The first kappa shape index (κ1) is 12.4. The normalized spacial score (nSPS) is 10.3. The summed E-state index contributed by atoms with van der Waals surface area (Å²) >= 11 is 3.22. The van der Waals surface area contributed by atoms with Crippen LogP contribution in [0.15, 0.2) is 29.1 Å². The lowest BCUT2D eigenvalue weighted by atomic mass is 10.4. The topological polar surface area (TPSA) is 100 Å². The van der Waals surface area contributed by atoms with Crippen LogP contribution < -0.4 is 5.32 Å².